The van der Waals surface area contributed by atoms with Gasteiger partial charge in [-0.05, 0) is 41.2 Å². The predicted octanol–water partition coefficient (Wildman–Crippen LogP) is 2.98. The monoisotopic (exact) mass is 299 g/mol. The van der Waals surface area contributed by atoms with Crippen molar-refractivity contribution in [2.24, 2.45) is 0 Å². The molecule has 3 nitrogen and oxygen atoms in total. The summed E-state index contributed by atoms with van der Waals surface area (Å²) in [5.74, 6) is 0.634. The quantitative estimate of drug-likeness (QED) is 0.725. The zero-order chi connectivity index (χ0) is 12.7. The maximum atomic E-state index is 10.9. The van der Waals surface area contributed by atoms with Crippen molar-refractivity contribution in [3.05, 3.63) is 28.2 Å². The molecule has 0 aromatic heterocycles. The van der Waals surface area contributed by atoms with Crippen molar-refractivity contribution in [2.45, 2.75) is 13.8 Å². The molecule has 1 aromatic rings. The molecule has 0 saturated carbocycles. The molecular weight excluding hydrogens is 282 g/mol. The average Bonchev–Trinajstić information content (AvgIpc) is 2.36. The van der Waals surface area contributed by atoms with Gasteiger partial charge in [-0.25, -0.2) is 0 Å². The van der Waals surface area contributed by atoms with Gasteiger partial charge in [-0.15, -0.1) is 0 Å². The Hall–Kier alpha value is -0.870. The summed E-state index contributed by atoms with van der Waals surface area (Å²) in [7, 11) is 0. The number of ether oxygens (including phenoxy) is 1. The van der Waals surface area contributed by atoms with Crippen LogP contribution in [0.25, 0.3) is 0 Å². The minimum absolute atomic E-state index is 0.582. The summed E-state index contributed by atoms with van der Waals surface area (Å²) in [6, 6.07) is 5.45. The summed E-state index contributed by atoms with van der Waals surface area (Å²) in [6.07, 6.45) is 0.817. The third-order valence-electron chi connectivity index (χ3n) is 2.67. The maximum absolute atomic E-state index is 10.9. The fourth-order valence-electron chi connectivity index (χ4n) is 1.59. The van der Waals surface area contributed by atoms with Crippen LogP contribution in [0.4, 0.5) is 0 Å². The molecule has 0 heterocycles. The van der Waals surface area contributed by atoms with Crippen LogP contribution in [0.15, 0.2) is 22.7 Å². The Kier molecular flexibility index (Phi) is 6.22. The number of para-hydroxylation sites is 1. The van der Waals surface area contributed by atoms with Gasteiger partial charge in [-0.2, -0.15) is 0 Å². The Labute approximate surface area is 111 Å². The number of halogens is 1. The number of aldehydes is 1. The summed E-state index contributed by atoms with van der Waals surface area (Å²) in [6.45, 7) is 7.72. The second-order valence-electron chi connectivity index (χ2n) is 3.65. The second-order valence-corrected chi connectivity index (χ2v) is 4.51. The molecule has 1 aromatic carbocycles. The van der Waals surface area contributed by atoms with Gasteiger partial charge < -0.3 is 9.64 Å². The van der Waals surface area contributed by atoms with E-state index in [4.69, 9.17) is 4.74 Å². The van der Waals surface area contributed by atoms with Gasteiger partial charge in [0.25, 0.3) is 0 Å². The highest BCUT2D eigenvalue weighted by Gasteiger charge is 2.07. The third kappa shape index (κ3) is 4.13. The summed E-state index contributed by atoms with van der Waals surface area (Å²) in [4.78, 5) is 13.2. The number of carbonyl (C=O) groups excluding carboxylic acids is 1. The number of benzene rings is 1. The molecule has 0 bridgehead atoms. The lowest BCUT2D eigenvalue weighted by atomic mass is 10.2. The van der Waals surface area contributed by atoms with E-state index in [2.05, 4.69) is 34.7 Å². The number of hydrogen-bond donors (Lipinski definition) is 0. The van der Waals surface area contributed by atoms with E-state index in [1.54, 1.807) is 6.07 Å². The van der Waals surface area contributed by atoms with Crippen LogP contribution in [-0.2, 0) is 0 Å². The molecule has 4 heteroatoms. The van der Waals surface area contributed by atoms with E-state index >= 15 is 0 Å². The zero-order valence-corrected chi connectivity index (χ0v) is 11.9. The van der Waals surface area contributed by atoms with E-state index in [-0.39, 0.29) is 0 Å². The van der Waals surface area contributed by atoms with E-state index in [1.807, 2.05) is 12.1 Å². The highest BCUT2D eigenvalue weighted by Crippen LogP contribution is 2.27. The normalized spacial score (nSPS) is 10.6. The number of hydrogen-bond acceptors (Lipinski definition) is 3. The largest absolute Gasteiger partial charge is 0.490 e. The summed E-state index contributed by atoms with van der Waals surface area (Å²) in [5.41, 5.74) is 0.582. The molecule has 94 valence electrons. The van der Waals surface area contributed by atoms with Crippen LogP contribution >= 0.6 is 15.9 Å². The number of likely N-dealkylation sites (N-methyl/N-ethyl adjacent to an activating group) is 1. The van der Waals surface area contributed by atoms with Gasteiger partial charge in [0.2, 0.25) is 0 Å². The van der Waals surface area contributed by atoms with Crippen molar-refractivity contribution < 1.29 is 9.53 Å². The highest BCUT2D eigenvalue weighted by atomic mass is 79.9. The molecule has 1 rings (SSSR count). The fourth-order valence-corrected chi connectivity index (χ4v) is 2.08. The second kappa shape index (κ2) is 7.45. The first kappa shape index (κ1) is 14.2. The lowest BCUT2D eigenvalue weighted by Crippen LogP contribution is -2.28. The highest BCUT2D eigenvalue weighted by molar-refractivity contribution is 9.10. The molecule has 0 unspecified atom stereocenters. The molecule has 0 aliphatic carbocycles. The molecule has 0 fully saturated rings. The predicted molar refractivity (Wildman–Crippen MR) is 72.8 cm³/mol. The van der Waals surface area contributed by atoms with Crippen LogP contribution in [0.3, 0.4) is 0 Å². The van der Waals surface area contributed by atoms with Gasteiger partial charge in [0.15, 0.2) is 6.29 Å². The molecule has 0 spiro atoms. The van der Waals surface area contributed by atoms with Crippen LogP contribution in [-0.4, -0.2) is 37.4 Å². The van der Waals surface area contributed by atoms with Gasteiger partial charge >= 0.3 is 0 Å². The van der Waals surface area contributed by atoms with E-state index in [1.165, 1.54) is 0 Å². The molecule has 17 heavy (non-hydrogen) atoms. The first-order valence-electron chi connectivity index (χ1n) is 5.81. The lowest BCUT2D eigenvalue weighted by Gasteiger charge is -2.18. The van der Waals surface area contributed by atoms with Gasteiger partial charge in [-0.3, -0.25) is 4.79 Å². The van der Waals surface area contributed by atoms with Gasteiger partial charge in [-0.1, -0.05) is 19.9 Å². The first-order valence-corrected chi connectivity index (χ1v) is 6.61. The Morgan fingerprint density at radius 3 is 2.65 bits per heavy atom. The minimum atomic E-state index is 0.582. The van der Waals surface area contributed by atoms with E-state index in [0.29, 0.717) is 17.9 Å². The van der Waals surface area contributed by atoms with Crippen LogP contribution < -0.4 is 4.74 Å². The molecule has 0 amide bonds. The number of carbonyl (C=O) groups is 1. The Morgan fingerprint density at radius 1 is 1.35 bits per heavy atom. The van der Waals surface area contributed by atoms with E-state index < -0.39 is 0 Å². The molecule has 0 radical (unpaired) electrons. The molecule has 0 N–H and O–H groups in total. The van der Waals surface area contributed by atoms with Gasteiger partial charge in [0.05, 0.1) is 10.0 Å². The molecule has 0 aliphatic rings. The summed E-state index contributed by atoms with van der Waals surface area (Å²) < 4.78 is 6.49. The standard InChI is InChI=1S/C13H18BrNO2/c1-3-15(4-2)8-9-17-13-11(10-16)6-5-7-12(13)14/h5-7,10H,3-4,8-9H2,1-2H3. The lowest BCUT2D eigenvalue weighted by molar-refractivity contribution is 0.111. The Balaban J connectivity index is 2.59. The topological polar surface area (TPSA) is 29.5 Å². The van der Waals surface area contributed by atoms with Crippen molar-refractivity contribution in [1.82, 2.24) is 4.90 Å². The fraction of sp³-hybridized carbons (Fsp3) is 0.462. The Bertz CT molecular complexity index is 364. The average molecular weight is 300 g/mol. The van der Waals surface area contributed by atoms with Crippen molar-refractivity contribution in [1.29, 1.82) is 0 Å². The van der Waals surface area contributed by atoms with Crippen molar-refractivity contribution in [2.75, 3.05) is 26.2 Å². The first-order chi connectivity index (χ1) is 8.22. The maximum Gasteiger partial charge on any atom is 0.153 e. The SMILES string of the molecule is CCN(CC)CCOc1c(Br)cccc1C=O. The molecule has 0 saturated heterocycles. The van der Waals surface area contributed by atoms with Crippen LogP contribution in [0, 0.1) is 0 Å². The molecular formula is C13H18BrNO2. The van der Waals surface area contributed by atoms with Crippen LogP contribution in [0.1, 0.15) is 24.2 Å². The number of rotatable bonds is 7. The molecule has 0 aliphatic heterocycles. The van der Waals surface area contributed by atoms with Crippen molar-refractivity contribution in [3.63, 3.8) is 0 Å². The summed E-state index contributed by atoms with van der Waals surface area (Å²) >= 11 is 3.39. The van der Waals surface area contributed by atoms with Crippen molar-refractivity contribution in [3.8, 4) is 5.75 Å². The van der Waals surface area contributed by atoms with Gasteiger partial charge in [0, 0.05) is 6.54 Å². The van der Waals surface area contributed by atoms with Crippen LogP contribution in [0.2, 0.25) is 0 Å². The van der Waals surface area contributed by atoms with E-state index in [9.17, 15) is 4.79 Å². The van der Waals surface area contributed by atoms with E-state index in [0.717, 1.165) is 30.4 Å². The van der Waals surface area contributed by atoms with Crippen LogP contribution in [0.5, 0.6) is 5.75 Å². The molecule has 0 atom stereocenters. The van der Waals surface area contributed by atoms with Crippen molar-refractivity contribution >= 4 is 22.2 Å². The van der Waals surface area contributed by atoms with Gasteiger partial charge in [0.1, 0.15) is 12.4 Å². The number of nitrogens with zero attached hydrogens (tertiary/aromatic N) is 1. The minimum Gasteiger partial charge on any atom is -0.490 e. The zero-order valence-electron chi connectivity index (χ0n) is 10.3. The Morgan fingerprint density at radius 2 is 2.06 bits per heavy atom. The third-order valence-corrected chi connectivity index (χ3v) is 3.30. The smallest absolute Gasteiger partial charge is 0.153 e. The summed E-state index contributed by atoms with van der Waals surface area (Å²) in [5, 5.41) is 0.